The number of ether oxygens (including phenoxy) is 3. The summed E-state index contributed by atoms with van der Waals surface area (Å²) < 4.78 is 15.4. The van der Waals surface area contributed by atoms with Crippen LogP contribution in [-0.4, -0.2) is 44.4 Å². The Kier molecular flexibility index (Phi) is 9.14. The molecule has 2 amide bonds. The molecule has 0 aliphatic heterocycles. The molecular weight excluding hydrogens is 468 g/mol. The molecule has 0 atom stereocenters. The van der Waals surface area contributed by atoms with Gasteiger partial charge in [-0.3, -0.25) is 9.59 Å². The van der Waals surface area contributed by atoms with Gasteiger partial charge in [0.05, 0.1) is 32.1 Å². The molecule has 3 rings (SSSR count). The van der Waals surface area contributed by atoms with Gasteiger partial charge in [-0.15, -0.1) is 11.8 Å². The third-order valence-electron chi connectivity index (χ3n) is 4.79. The van der Waals surface area contributed by atoms with E-state index in [0.717, 1.165) is 4.90 Å². The van der Waals surface area contributed by atoms with E-state index < -0.39 is 5.97 Å². The van der Waals surface area contributed by atoms with Crippen LogP contribution >= 0.6 is 11.8 Å². The van der Waals surface area contributed by atoms with Crippen LogP contribution in [0.25, 0.3) is 0 Å². The molecule has 0 aromatic heterocycles. The second kappa shape index (κ2) is 12.5. The van der Waals surface area contributed by atoms with Crippen LogP contribution in [0.2, 0.25) is 0 Å². The first-order valence-electron chi connectivity index (χ1n) is 10.8. The number of benzene rings is 3. The summed E-state index contributed by atoms with van der Waals surface area (Å²) in [7, 11) is 3.04. The van der Waals surface area contributed by atoms with Crippen LogP contribution in [-0.2, 0) is 9.53 Å². The number of methoxy groups -OCH3 is 2. The Hall–Kier alpha value is -3.98. The van der Waals surface area contributed by atoms with E-state index >= 15 is 0 Å². The fourth-order valence-electron chi connectivity index (χ4n) is 3.09. The van der Waals surface area contributed by atoms with Gasteiger partial charge in [0, 0.05) is 21.8 Å². The molecule has 0 fully saturated rings. The number of carbonyl (C=O) groups is 3. The van der Waals surface area contributed by atoms with Crippen molar-refractivity contribution in [2.24, 2.45) is 0 Å². The third kappa shape index (κ3) is 7.25. The van der Waals surface area contributed by atoms with Crippen molar-refractivity contribution in [3.05, 3.63) is 77.9 Å². The molecular formula is C26H26N2O6S. The molecule has 0 saturated carbocycles. The largest absolute Gasteiger partial charge is 0.493 e. The van der Waals surface area contributed by atoms with Gasteiger partial charge in [-0.2, -0.15) is 0 Å². The lowest BCUT2D eigenvalue weighted by molar-refractivity contribution is -0.113. The first-order chi connectivity index (χ1) is 16.9. The fourth-order valence-corrected chi connectivity index (χ4v) is 3.85. The highest BCUT2D eigenvalue weighted by Crippen LogP contribution is 2.28. The van der Waals surface area contributed by atoms with Crippen LogP contribution in [0, 0.1) is 0 Å². The molecule has 0 spiro atoms. The number of thioether (sulfide) groups is 1. The number of carbonyl (C=O) groups excluding carboxylic acids is 3. The monoisotopic (exact) mass is 494 g/mol. The lowest BCUT2D eigenvalue weighted by Crippen LogP contribution is -2.14. The zero-order valence-corrected chi connectivity index (χ0v) is 20.4. The first kappa shape index (κ1) is 25.6. The molecule has 0 aliphatic carbocycles. The van der Waals surface area contributed by atoms with Gasteiger partial charge in [-0.05, 0) is 67.6 Å². The summed E-state index contributed by atoms with van der Waals surface area (Å²) in [6.45, 7) is 2.04. The van der Waals surface area contributed by atoms with Gasteiger partial charge < -0.3 is 24.8 Å². The summed E-state index contributed by atoms with van der Waals surface area (Å²) in [5, 5.41) is 5.65. The van der Waals surface area contributed by atoms with Crippen molar-refractivity contribution in [2.45, 2.75) is 11.8 Å². The highest BCUT2D eigenvalue weighted by atomic mass is 32.2. The molecule has 0 heterocycles. The quantitative estimate of drug-likeness (QED) is 0.306. The topological polar surface area (TPSA) is 103 Å². The van der Waals surface area contributed by atoms with E-state index in [1.54, 1.807) is 67.6 Å². The molecule has 8 nitrogen and oxygen atoms in total. The van der Waals surface area contributed by atoms with Gasteiger partial charge in [0.1, 0.15) is 0 Å². The lowest BCUT2D eigenvalue weighted by atomic mass is 10.2. The van der Waals surface area contributed by atoms with E-state index in [0.29, 0.717) is 40.6 Å². The molecule has 2 N–H and O–H groups in total. The van der Waals surface area contributed by atoms with Crippen molar-refractivity contribution < 1.29 is 28.6 Å². The van der Waals surface area contributed by atoms with Crippen molar-refractivity contribution in [1.29, 1.82) is 0 Å². The number of anilines is 2. The van der Waals surface area contributed by atoms with Crippen molar-refractivity contribution in [3.8, 4) is 11.5 Å². The number of hydrogen-bond acceptors (Lipinski definition) is 7. The van der Waals surface area contributed by atoms with E-state index in [4.69, 9.17) is 14.2 Å². The van der Waals surface area contributed by atoms with Crippen LogP contribution in [0.15, 0.2) is 71.6 Å². The van der Waals surface area contributed by atoms with E-state index in [1.807, 2.05) is 6.07 Å². The molecule has 9 heteroatoms. The zero-order valence-electron chi connectivity index (χ0n) is 19.6. The van der Waals surface area contributed by atoms with Gasteiger partial charge in [-0.1, -0.05) is 6.07 Å². The van der Waals surface area contributed by atoms with Gasteiger partial charge in [0.15, 0.2) is 11.5 Å². The Balaban J connectivity index is 1.55. The summed E-state index contributed by atoms with van der Waals surface area (Å²) in [6.07, 6.45) is 0. The van der Waals surface area contributed by atoms with Gasteiger partial charge in [0.2, 0.25) is 5.91 Å². The molecule has 35 heavy (non-hydrogen) atoms. The number of rotatable bonds is 10. The summed E-state index contributed by atoms with van der Waals surface area (Å²) in [5.41, 5.74) is 2.03. The lowest BCUT2D eigenvalue weighted by Gasteiger charge is -2.11. The van der Waals surface area contributed by atoms with E-state index in [9.17, 15) is 14.4 Å². The molecule has 0 aliphatic rings. The minimum atomic E-state index is -0.404. The third-order valence-corrected chi connectivity index (χ3v) is 5.78. The zero-order chi connectivity index (χ0) is 25.2. The van der Waals surface area contributed by atoms with Crippen LogP contribution in [0.3, 0.4) is 0 Å². The number of nitrogens with one attached hydrogen (secondary N) is 2. The Morgan fingerprint density at radius 1 is 0.800 bits per heavy atom. The number of esters is 1. The van der Waals surface area contributed by atoms with E-state index in [1.165, 1.54) is 26.0 Å². The van der Waals surface area contributed by atoms with Crippen LogP contribution in [0.4, 0.5) is 11.4 Å². The Morgan fingerprint density at radius 2 is 1.51 bits per heavy atom. The van der Waals surface area contributed by atoms with Crippen molar-refractivity contribution >= 4 is 40.9 Å². The molecule has 0 radical (unpaired) electrons. The molecule has 3 aromatic carbocycles. The normalized spacial score (nSPS) is 10.3. The predicted octanol–water partition coefficient (Wildman–Crippen LogP) is 4.86. The average molecular weight is 495 g/mol. The summed E-state index contributed by atoms with van der Waals surface area (Å²) in [5.74, 6) is 0.281. The van der Waals surface area contributed by atoms with Crippen molar-refractivity contribution in [3.63, 3.8) is 0 Å². The van der Waals surface area contributed by atoms with Gasteiger partial charge in [0.25, 0.3) is 5.91 Å². The standard InChI is InChI=1S/C26H26N2O6S/c1-4-34-26(31)17-8-11-19(12-9-17)27-24(29)16-35-21-7-5-6-20(15-21)28-25(30)18-10-13-22(32-2)23(14-18)33-3/h5-15H,4,16H2,1-3H3,(H,27,29)(H,28,30). The minimum absolute atomic E-state index is 0.173. The molecule has 0 saturated heterocycles. The Labute approximate surface area is 208 Å². The maximum Gasteiger partial charge on any atom is 0.338 e. The van der Waals surface area contributed by atoms with E-state index in [-0.39, 0.29) is 17.6 Å². The smallest absolute Gasteiger partial charge is 0.338 e. The maximum absolute atomic E-state index is 12.7. The van der Waals surface area contributed by atoms with Gasteiger partial charge in [-0.25, -0.2) is 4.79 Å². The van der Waals surface area contributed by atoms with Crippen LogP contribution < -0.4 is 20.1 Å². The molecule has 0 unspecified atom stereocenters. The molecule has 3 aromatic rings. The summed E-state index contributed by atoms with van der Waals surface area (Å²) in [4.78, 5) is 37.5. The fraction of sp³-hybridized carbons (Fsp3) is 0.192. The van der Waals surface area contributed by atoms with Gasteiger partial charge >= 0.3 is 5.97 Å². The molecule has 182 valence electrons. The summed E-state index contributed by atoms with van der Waals surface area (Å²) in [6, 6.07) is 18.7. The average Bonchev–Trinajstić information content (AvgIpc) is 2.87. The predicted molar refractivity (Wildman–Crippen MR) is 136 cm³/mol. The first-order valence-corrected chi connectivity index (χ1v) is 11.7. The van der Waals surface area contributed by atoms with Crippen molar-refractivity contribution in [2.75, 3.05) is 37.2 Å². The van der Waals surface area contributed by atoms with Crippen molar-refractivity contribution in [1.82, 2.24) is 0 Å². The molecule has 0 bridgehead atoms. The maximum atomic E-state index is 12.7. The second-order valence-corrected chi connectivity index (χ2v) is 8.24. The SMILES string of the molecule is CCOC(=O)c1ccc(NC(=O)CSc2cccc(NC(=O)c3ccc(OC)c(OC)c3)c2)cc1. The van der Waals surface area contributed by atoms with Crippen LogP contribution in [0.1, 0.15) is 27.6 Å². The van der Waals surface area contributed by atoms with Crippen LogP contribution in [0.5, 0.6) is 11.5 Å². The Bertz CT molecular complexity index is 1200. The number of hydrogen-bond donors (Lipinski definition) is 2. The highest BCUT2D eigenvalue weighted by molar-refractivity contribution is 8.00. The van der Waals surface area contributed by atoms with E-state index in [2.05, 4.69) is 10.6 Å². The summed E-state index contributed by atoms with van der Waals surface area (Å²) >= 11 is 1.34. The number of amides is 2. The Morgan fingerprint density at radius 3 is 2.20 bits per heavy atom. The minimum Gasteiger partial charge on any atom is -0.493 e. The highest BCUT2D eigenvalue weighted by Gasteiger charge is 2.12. The second-order valence-electron chi connectivity index (χ2n) is 7.19.